The molecule has 0 saturated carbocycles. The van der Waals surface area contributed by atoms with Crippen molar-refractivity contribution in [2.45, 2.75) is 6.54 Å². The molecule has 2 rings (SSSR count). The molecule has 18 heavy (non-hydrogen) atoms. The smallest absolute Gasteiger partial charge is 0.303 e. The Morgan fingerprint density at radius 2 is 1.83 bits per heavy atom. The van der Waals surface area contributed by atoms with Gasteiger partial charge in [0.25, 0.3) is 5.56 Å². The summed E-state index contributed by atoms with van der Waals surface area (Å²) in [5.74, 6) is 0. The third-order valence-corrected chi connectivity index (χ3v) is 2.64. The standard InChI is InChI=1S/C14H14N2O2/c1-15-11-9-13(17)16(14(15)18)10-5-8-12-6-3-2-4-7-12/h2-9,11H,10H2,1H3/b8-5+. The van der Waals surface area contributed by atoms with Gasteiger partial charge < -0.3 is 4.57 Å². The predicted octanol–water partition coefficient (Wildman–Crippen LogP) is 1.26. The normalized spacial score (nSPS) is 10.9. The van der Waals surface area contributed by atoms with Crippen LogP contribution < -0.4 is 11.2 Å². The second-order valence-electron chi connectivity index (χ2n) is 3.97. The molecule has 92 valence electrons. The van der Waals surface area contributed by atoms with E-state index in [9.17, 15) is 9.59 Å². The van der Waals surface area contributed by atoms with Gasteiger partial charge in [-0.15, -0.1) is 0 Å². The quantitative estimate of drug-likeness (QED) is 0.813. The predicted molar refractivity (Wildman–Crippen MR) is 71.4 cm³/mol. The molecule has 4 nitrogen and oxygen atoms in total. The molecule has 0 aliphatic rings. The molecule has 0 saturated heterocycles. The molecular formula is C14H14N2O2. The SMILES string of the molecule is Cn1ccc(=O)n(C/C=C/c2ccccc2)c1=O. The van der Waals surface area contributed by atoms with E-state index in [2.05, 4.69) is 0 Å². The number of aryl methyl sites for hydroxylation is 1. The van der Waals surface area contributed by atoms with E-state index in [-0.39, 0.29) is 17.8 Å². The Hall–Kier alpha value is -2.36. The average Bonchev–Trinajstić information content (AvgIpc) is 2.39. The Morgan fingerprint density at radius 1 is 1.11 bits per heavy atom. The number of nitrogens with zero attached hydrogens (tertiary/aromatic N) is 2. The van der Waals surface area contributed by atoms with Crippen molar-refractivity contribution in [2.75, 3.05) is 0 Å². The van der Waals surface area contributed by atoms with Crippen molar-refractivity contribution in [1.82, 2.24) is 9.13 Å². The fraction of sp³-hybridized carbons (Fsp3) is 0.143. The van der Waals surface area contributed by atoms with Crippen molar-refractivity contribution in [3.8, 4) is 0 Å². The summed E-state index contributed by atoms with van der Waals surface area (Å²) >= 11 is 0. The van der Waals surface area contributed by atoms with Crippen molar-refractivity contribution in [3.05, 3.63) is 75.1 Å². The summed E-state index contributed by atoms with van der Waals surface area (Å²) < 4.78 is 2.58. The number of benzene rings is 1. The third kappa shape index (κ3) is 2.66. The van der Waals surface area contributed by atoms with E-state index >= 15 is 0 Å². The minimum absolute atomic E-state index is 0.279. The molecule has 0 atom stereocenters. The van der Waals surface area contributed by atoms with E-state index in [0.717, 1.165) is 5.56 Å². The monoisotopic (exact) mass is 242 g/mol. The third-order valence-electron chi connectivity index (χ3n) is 2.64. The largest absolute Gasteiger partial charge is 0.330 e. The van der Waals surface area contributed by atoms with E-state index < -0.39 is 0 Å². The van der Waals surface area contributed by atoms with E-state index in [1.54, 1.807) is 13.1 Å². The van der Waals surface area contributed by atoms with Gasteiger partial charge in [0, 0.05) is 25.9 Å². The van der Waals surface area contributed by atoms with Crippen LogP contribution in [-0.4, -0.2) is 9.13 Å². The van der Waals surface area contributed by atoms with E-state index in [1.165, 1.54) is 21.4 Å². The number of hydrogen-bond donors (Lipinski definition) is 0. The minimum Gasteiger partial charge on any atom is -0.303 e. The molecule has 0 spiro atoms. The van der Waals surface area contributed by atoms with Crippen molar-refractivity contribution < 1.29 is 0 Å². The Morgan fingerprint density at radius 3 is 2.56 bits per heavy atom. The van der Waals surface area contributed by atoms with Crippen LogP contribution in [0.2, 0.25) is 0 Å². The first kappa shape index (κ1) is 12.1. The lowest BCUT2D eigenvalue weighted by Gasteiger charge is -2.02. The summed E-state index contributed by atoms with van der Waals surface area (Å²) in [6.45, 7) is 0.279. The topological polar surface area (TPSA) is 44.0 Å². The molecule has 0 radical (unpaired) electrons. The summed E-state index contributed by atoms with van der Waals surface area (Å²) in [4.78, 5) is 23.3. The lowest BCUT2D eigenvalue weighted by Crippen LogP contribution is -2.37. The molecular weight excluding hydrogens is 228 g/mol. The van der Waals surface area contributed by atoms with Crippen LogP contribution in [0.4, 0.5) is 0 Å². The van der Waals surface area contributed by atoms with Gasteiger partial charge in [0.05, 0.1) is 0 Å². The Bertz CT molecular complexity index is 666. The van der Waals surface area contributed by atoms with Gasteiger partial charge in [0.15, 0.2) is 0 Å². The molecule has 0 bridgehead atoms. The molecule has 4 heteroatoms. The van der Waals surface area contributed by atoms with Crippen molar-refractivity contribution in [3.63, 3.8) is 0 Å². The maximum absolute atomic E-state index is 11.7. The maximum Gasteiger partial charge on any atom is 0.330 e. The molecule has 2 aromatic rings. The van der Waals surface area contributed by atoms with Gasteiger partial charge in [-0.2, -0.15) is 0 Å². The molecule has 1 aromatic heterocycles. The Balaban J connectivity index is 2.22. The van der Waals surface area contributed by atoms with Crippen LogP contribution >= 0.6 is 0 Å². The Labute approximate surface area is 104 Å². The van der Waals surface area contributed by atoms with Crippen LogP contribution in [0, 0.1) is 0 Å². The zero-order chi connectivity index (χ0) is 13.0. The number of aromatic nitrogens is 2. The summed E-state index contributed by atoms with van der Waals surface area (Å²) in [6.07, 6.45) is 5.17. The minimum atomic E-state index is -0.305. The summed E-state index contributed by atoms with van der Waals surface area (Å²) in [5.41, 5.74) is 0.453. The molecule has 0 unspecified atom stereocenters. The molecule has 0 fully saturated rings. The molecule has 1 aromatic carbocycles. The lowest BCUT2D eigenvalue weighted by atomic mass is 10.2. The van der Waals surface area contributed by atoms with Gasteiger partial charge in [-0.3, -0.25) is 9.36 Å². The molecule has 0 aliphatic heterocycles. The van der Waals surface area contributed by atoms with E-state index in [0.29, 0.717) is 0 Å². The van der Waals surface area contributed by atoms with Crippen molar-refractivity contribution in [1.29, 1.82) is 0 Å². The Kier molecular flexibility index (Phi) is 3.57. The number of hydrogen-bond acceptors (Lipinski definition) is 2. The highest BCUT2D eigenvalue weighted by Gasteiger charge is 1.99. The lowest BCUT2D eigenvalue weighted by molar-refractivity contribution is 0.649. The van der Waals surface area contributed by atoms with Crippen LogP contribution in [-0.2, 0) is 13.6 Å². The van der Waals surface area contributed by atoms with Gasteiger partial charge in [0.2, 0.25) is 0 Å². The fourth-order valence-electron chi connectivity index (χ4n) is 1.64. The van der Waals surface area contributed by atoms with E-state index in [4.69, 9.17) is 0 Å². The molecule has 0 amide bonds. The molecule has 1 heterocycles. The van der Waals surface area contributed by atoms with Gasteiger partial charge in [-0.25, -0.2) is 4.79 Å². The highest BCUT2D eigenvalue weighted by atomic mass is 16.2. The van der Waals surface area contributed by atoms with Crippen molar-refractivity contribution >= 4 is 6.08 Å². The molecule has 0 N–H and O–H groups in total. The zero-order valence-corrected chi connectivity index (χ0v) is 10.1. The van der Waals surface area contributed by atoms with Gasteiger partial charge in [0.1, 0.15) is 0 Å². The van der Waals surface area contributed by atoms with Gasteiger partial charge >= 0.3 is 5.69 Å². The number of allylic oxidation sites excluding steroid dienone is 1. The average molecular weight is 242 g/mol. The summed E-state index contributed by atoms with van der Waals surface area (Å²) in [5, 5.41) is 0. The van der Waals surface area contributed by atoms with Crippen LogP contribution in [0.25, 0.3) is 6.08 Å². The van der Waals surface area contributed by atoms with Crippen LogP contribution in [0.1, 0.15) is 5.56 Å². The first-order valence-electron chi connectivity index (χ1n) is 5.66. The second kappa shape index (κ2) is 5.31. The summed E-state index contributed by atoms with van der Waals surface area (Å²) in [6, 6.07) is 11.1. The highest BCUT2D eigenvalue weighted by Crippen LogP contribution is 2.00. The first-order chi connectivity index (χ1) is 8.68. The van der Waals surface area contributed by atoms with E-state index in [1.807, 2.05) is 36.4 Å². The van der Waals surface area contributed by atoms with Gasteiger partial charge in [-0.1, -0.05) is 42.5 Å². The van der Waals surface area contributed by atoms with Crippen LogP contribution in [0.15, 0.2) is 58.3 Å². The van der Waals surface area contributed by atoms with Crippen LogP contribution in [0.5, 0.6) is 0 Å². The van der Waals surface area contributed by atoms with Gasteiger partial charge in [-0.05, 0) is 5.56 Å². The second-order valence-corrected chi connectivity index (χ2v) is 3.97. The molecule has 0 aliphatic carbocycles. The van der Waals surface area contributed by atoms with Crippen LogP contribution in [0.3, 0.4) is 0 Å². The van der Waals surface area contributed by atoms with Crippen molar-refractivity contribution in [2.24, 2.45) is 7.05 Å². The fourth-order valence-corrected chi connectivity index (χ4v) is 1.64. The number of rotatable bonds is 3. The zero-order valence-electron chi connectivity index (χ0n) is 10.1. The maximum atomic E-state index is 11.7. The first-order valence-corrected chi connectivity index (χ1v) is 5.66. The highest BCUT2D eigenvalue weighted by molar-refractivity contribution is 5.48. The summed E-state index contributed by atoms with van der Waals surface area (Å²) in [7, 11) is 1.62.